The molecule has 2 aliphatic rings. The molecule has 2 saturated heterocycles. The van der Waals surface area contributed by atoms with Gasteiger partial charge in [0.1, 0.15) is 59.8 Å². The molecule has 2 aliphatic heterocycles. The monoisotopic (exact) mass is 578 g/mol. The van der Waals surface area contributed by atoms with Crippen molar-refractivity contribution in [1.29, 1.82) is 0 Å². The van der Waals surface area contributed by atoms with Gasteiger partial charge in [-0.2, -0.15) is 0 Å². The first-order chi connectivity index (χ1) is 19.5. The van der Waals surface area contributed by atoms with Crippen molar-refractivity contribution in [1.82, 2.24) is 0 Å². The molecule has 0 amide bonds. The zero-order valence-corrected chi connectivity index (χ0v) is 21.7. The lowest BCUT2D eigenvalue weighted by Crippen LogP contribution is -2.56. The summed E-state index contributed by atoms with van der Waals surface area (Å²) in [4.78, 5) is 13.4. The van der Waals surface area contributed by atoms with E-state index >= 15 is 0 Å². The van der Waals surface area contributed by atoms with E-state index in [2.05, 4.69) is 0 Å². The smallest absolute Gasteiger partial charge is 0.200 e. The molecule has 3 heterocycles. The summed E-state index contributed by atoms with van der Waals surface area (Å²) >= 11 is 0. The number of ether oxygens (including phenoxy) is 4. The molecule has 5 rings (SSSR count). The molecule has 3 aromatic rings. The second-order valence-electron chi connectivity index (χ2n) is 10.0. The van der Waals surface area contributed by atoms with Gasteiger partial charge in [-0.05, 0) is 29.8 Å². The van der Waals surface area contributed by atoms with Gasteiger partial charge in [0.15, 0.2) is 17.8 Å². The van der Waals surface area contributed by atoms with E-state index in [1.165, 1.54) is 37.4 Å². The number of phenolic OH excluding ortho intramolecular Hbond substituents is 2. The Morgan fingerprint density at radius 3 is 2.44 bits per heavy atom. The SMILES string of the molecule is COc1cc(-c2coc3c([C@@H]4O[C@H](CO[C@@H]5OC[C@](O)(CO)[C@H]5O)[C@@H](O)[C@H](O)[C@H]4O)c(O)ccc3c2=O)ccc1O. The number of hydrogen-bond acceptors (Lipinski definition) is 14. The molecule has 2 fully saturated rings. The van der Waals surface area contributed by atoms with E-state index in [0.717, 1.165) is 6.26 Å². The van der Waals surface area contributed by atoms with E-state index in [4.69, 9.17) is 23.4 Å². The largest absolute Gasteiger partial charge is 0.507 e. The Balaban J connectivity index is 1.47. The second kappa shape index (κ2) is 11.2. The minimum absolute atomic E-state index is 0.00248. The van der Waals surface area contributed by atoms with Crippen LogP contribution in [0.2, 0.25) is 0 Å². The van der Waals surface area contributed by atoms with Gasteiger partial charge in [0.2, 0.25) is 5.43 Å². The summed E-state index contributed by atoms with van der Waals surface area (Å²) in [6.45, 7) is -1.72. The number of rotatable bonds is 7. The van der Waals surface area contributed by atoms with Crippen LogP contribution < -0.4 is 10.2 Å². The van der Waals surface area contributed by atoms with Crippen LogP contribution in [0.1, 0.15) is 11.7 Å². The van der Waals surface area contributed by atoms with Crippen LogP contribution in [0.25, 0.3) is 22.1 Å². The van der Waals surface area contributed by atoms with Crippen molar-refractivity contribution < 1.29 is 64.2 Å². The van der Waals surface area contributed by atoms with Gasteiger partial charge in [-0.3, -0.25) is 4.79 Å². The van der Waals surface area contributed by atoms with Crippen LogP contribution in [-0.4, -0.2) is 110 Å². The molecule has 14 heteroatoms. The number of hydrogen-bond donors (Lipinski definition) is 8. The predicted molar refractivity (Wildman–Crippen MR) is 137 cm³/mol. The van der Waals surface area contributed by atoms with E-state index < -0.39 is 79.5 Å². The number of benzene rings is 2. The molecular formula is C27H30O14. The Kier molecular flexibility index (Phi) is 7.95. The van der Waals surface area contributed by atoms with Gasteiger partial charge in [0.05, 0.1) is 43.4 Å². The van der Waals surface area contributed by atoms with E-state index in [-0.39, 0.29) is 33.6 Å². The van der Waals surface area contributed by atoms with Crippen LogP contribution in [0.15, 0.2) is 45.8 Å². The Hall–Kier alpha value is -3.31. The fourth-order valence-corrected chi connectivity index (χ4v) is 4.98. The summed E-state index contributed by atoms with van der Waals surface area (Å²) < 4.78 is 27.3. The Morgan fingerprint density at radius 2 is 1.76 bits per heavy atom. The first-order valence-electron chi connectivity index (χ1n) is 12.6. The highest BCUT2D eigenvalue weighted by Crippen LogP contribution is 2.41. The zero-order valence-electron chi connectivity index (χ0n) is 21.7. The van der Waals surface area contributed by atoms with Gasteiger partial charge in [0, 0.05) is 0 Å². The van der Waals surface area contributed by atoms with Crippen molar-refractivity contribution in [2.24, 2.45) is 0 Å². The quantitative estimate of drug-likeness (QED) is 0.166. The highest BCUT2D eigenvalue weighted by Gasteiger charge is 2.50. The molecule has 0 spiro atoms. The topological polar surface area (TPSA) is 229 Å². The van der Waals surface area contributed by atoms with Crippen molar-refractivity contribution in [3.05, 3.63) is 52.4 Å². The van der Waals surface area contributed by atoms with Gasteiger partial charge in [-0.25, -0.2) is 0 Å². The normalized spacial score (nSPS) is 31.9. The van der Waals surface area contributed by atoms with Crippen LogP contribution in [0.5, 0.6) is 17.2 Å². The molecule has 0 aliphatic carbocycles. The first-order valence-corrected chi connectivity index (χ1v) is 12.6. The summed E-state index contributed by atoms with van der Waals surface area (Å²) in [6, 6.07) is 6.77. The molecule has 14 nitrogen and oxygen atoms in total. The van der Waals surface area contributed by atoms with Crippen molar-refractivity contribution >= 4 is 11.0 Å². The third-order valence-corrected chi connectivity index (χ3v) is 7.45. The lowest BCUT2D eigenvalue weighted by Gasteiger charge is -2.41. The lowest BCUT2D eigenvalue weighted by atomic mass is 9.89. The fourth-order valence-electron chi connectivity index (χ4n) is 4.98. The minimum Gasteiger partial charge on any atom is -0.507 e. The van der Waals surface area contributed by atoms with Crippen LogP contribution in [0.3, 0.4) is 0 Å². The molecule has 2 aromatic carbocycles. The standard InChI is InChI=1S/C27H30O14/c1-37-16-6-11(2-4-14(16)29)13-7-38-23-12(19(13)31)3-5-15(30)18(23)24-22(34)21(33)20(32)17(41-24)8-39-26-25(35)27(36,9-28)10-40-26/h2-7,17,20-22,24-26,28-30,32-36H,8-10H2,1H3/t17-,20-,21+,22-,24+,25+,26-,27-/m1/s1. The van der Waals surface area contributed by atoms with Gasteiger partial charge >= 0.3 is 0 Å². The Bertz CT molecular complexity index is 1470. The van der Waals surface area contributed by atoms with Crippen LogP contribution >= 0.6 is 0 Å². The number of aliphatic hydroxyl groups is 6. The van der Waals surface area contributed by atoms with Gasteiger partial charge in [-0.1, -0.05) is 6.07 Å². The van der Waals surface area contributed by atoms with E-state index in [0.29, 0.717) is 5.56 Å². The Labute approximate surface area is 231 Å². The molecule has 0 bridgehead atoms. The lowest BCUT2D eigenvalue weighted by molar-refractivity contribution is -0.252. The maximum atomic E-state index is 13.4. The summed E-state index contributed by atoms with van der Waals surface area (Å²) in [5, 5.41) is 82.2. The fraction of sp³-hybridized carbons (Fsp3) is 0.444. The predicted octanol–water partition coefficient (Wildman–Crippen LogP) is -1.14. The third-order valence-electron chi connectivity index (χ3n) is 7.45. The summed E-state index contributed by atoms with van der Waals surface area (Å²) in [7, 11) is 1.35. The van der Waals surface area contributed by atoms with Gasteiger partial charge < -0.3 is 64.2 Å². The third kappa shape index (κ3) is 5.03. The molecular weight excluding hydrogens is 548 g/mol. The molecule has 41 heavy (non-hydrogen) atoms. The highest BCUT2D eigenvalue weighted by atomic mass is 16.7. The molecule has 8 atom stereocenters. The minimum atomic E-state index is -1.95. The molecule has 0 unspecified atom stereocenters. The number of aromatic hydroxyl groups is 2. The highest BCUT2D eigenvalue weighted by molar-refractivity contribution is 5.86. The summed E-state index contributed by atoms with van der Waals surface area (Å²) in [5.41, 5.74) is -2.32. The van der Waals surface area contributed by atoms with Gasteiger partial charge in [0.25, 0.3) is 0 Å². The zero-order chi connectivity index (χ0) is 29.6. The molecule has 0 saturated carbocycles. The molecule has 8 N–H and O–H groups in total. The van der Waals surface area contributed by atoms with Crippen molar-refractivity contribution in [3.8, 4) is 28.4 Å². The van der Waals surface area contributed by atoms with Crippen molar-refractivity contribution in [3.63, 3.8) is 0 Å². The molecule has 1 aromatic heterocycles. The maximum absolute atomic E-state index is 13.4. The van der Waals surface area contributed by atoms with Crippen LogP contribution in [-0.2, 0) is 14.2 Å². The van der Waals surface area contributed by atoms with Crippen molar-refractivity contribution in [2.75, 3.05) is 26.9 Å². The second-order valence-corrected chi connectivity index (χ2v) is 10.0. The van der Waals surface area contributed by atoms with Crippen LogP contribution in [0, 0.1) is 0 Å². The number of methoxy groups -OCH3 is 1. The number of fused-ring (bicyclic) bond motifs is 1. The van der Waals surface area contributed by atoms with Crippen LogP contribution in [0.4, 0.5) is 0 Å². The molecule has 222 valence electrons. The van der Waals surface area contributed by atoms with Crippen molar-refractivity contribution in [2.45, 2.75) is 48.5 Å². The summed E-state index contributed by atoms with van der Waals surface area (Å²) in [5.74, 6) is -0.437. The maximum Gasteiger partial charge on any atom is 0.200 e. The van der Waals surface area contributed by atoms with E-state index in [1.54, 1.807) is 0 Å². The number of aliphatic hydroxyl groups excluding tert-OH is 5. The van der Waals surface area contributed by atoms with E-state index in [1.807, 2.05) is 0 Å². The average Bonchev–Trinajstić information content (AvgIpc) is 3.26. The Morgan fingerprint density at radius 1 is 1.02 bits per heavy atom. The van der Waals surface area contributed by atoms with E-state index in [9.17, 15) is 45.6 Å². The number of phenols is 2. The average molecular weight is 579 g/mol. The molecule has 0 radical (unpaired) electrons. The summed E-state index contributed by atoms with van der Waals surface area (Å²) in [6.07, 6.45) is -10.0. The van der Waals surface area contributed by atoms with Gasteiger partial charge in [-0.15, -0.1) is 0 Å². The first kappa shape index (κ1) is 29.2.